The lowest BCUT2D eigenvalue weighted by molar-refractivity contribution is -0.150. The molecule has 0 aliphatic heterocycles. The molecule has 0 unspecified atom stereocenters. The van der Waals surface area contributed by atoms with Crippen molar-refractivity contribution in [3.05, 3.63) is 24.7 Å². The molecule has 1 aromatic rings. The number of carbonyl (C=O) groups is 2. The summed E-state index contributed by atoms with van der Waals surface area (Å²) in [5, 5.41) is 55.0. The van der Waals surface area contributed by atoms with Gasteiger partial charge in [-0.3, -0.25) is 9.59 Å². The van der Waals surface area contributed by atoms with Crippen molar-refractivity contribution in [2.24, 2.45) is 0 Å². The first-order valence-electron chi connectivity index (χ1n) is 6.11. The van der Waals surface area contributed by atoms with Crippen LogP contribution in [-0.4, -0.2) is 80.1 Å². The fourth-order valence-corrected chi connectivity index (χ4v) is 1.17. The Labute approximate surface area is 125 Å². The van der Waals surface area contributed by atoms with Gasteiger partial charge in [0.05, 0.1) is 19.1 Å². The molecule has 126 valence electrons. The van der Waals surface area contributed by atoms with Crippen molar-refractivity contribution < 1.29 is 44.6 Å². The second kappa shape index (κ2) is 10.7. The number of aliphatic hydroxyl groups is 5. The third-order valence-electron chi connectivity index (χ3n) is 2.36. The molecule has 1 aromatic heterocycles. The Morgan fingerprint density at radius 3 is 1.95 bits per heavy atom. The fraction of sp³-hybridized carbons (Fsp3) is 0.500. The third-order valence-corrected chi connectivity index (χ3v) is 2.36. The van der Waals surface area contributed by atoms with Crippen LogP contribution in [0.25, 0.3) is 0 Å². The lowest BCUT2D eigenvalue weighted by atomic mass is 10.0. The van der Waals surface area contributed by atoms with E-state index in [4.69, 9.17) is 20.4 Å². The smallest absolute Gasteiger partial charge is 0.322 e. The van der Waals surface area contributed by atoms with E-state index < -0.39 is 49.4 Å². The van der Waals surface area contributed by atoms with Crippen LogP contribution >= 0.6 is 0 Å². The molecule has 10 heteroatoms. The third kappa shape index (κ3) is 7.71. The van der Waals surface area contributed by atoms with E-state index in [0.717, 1.165) is 0 Å². The highest BCUT2D eigenvalue weighted by molar-refractivity contribution is 5.84. The summed E-state index contributed by atoms with van der Waals surface area (Å²) in [7, 11) is 0. The van der Waals surface area contributed by atoms with Crippen molar-refractivity contribution in [3.8, 4) is 0 Å². The van der Waals surface area contributed by atoms with Crippen LogP contribution in [0.4, 0.5) is 0 Å². The average molecular weight is 321 g/mol. The molecule has 1 rings (SSSR count). The molecule has 0 saturated heterocycles. The zero-order valence-corrected chi connectivity index (χ0v) is 11.4. The molecule has 22 heavy (non-hydrogen) atoms. The summed E-state index contributed by atoms with van der Waals surface area (Å²) in [6.45, 7) is -1.64. The standard InChI is InChI=1S/C8H15NO8.C4H4O/c10-2-3(11)5(14)6(15)7(16)8(17)9-1-4(12)13;1-2-4-5-3-1/h3,5-7,10-11,14-16H,1-2H2,(H,9,17)(H,12,13);1-4H/t3-,5-,6+,7-;/m1./s1. The Hall–Kier alpha value is -1.98. The molecule has 1 heterocycles. The van der Waals surface area contributed by atoms with Crippen molar-refractivity contribution in [2.75, 3.05) is 13.2 Å². The number of rotatable bonds is 7. The van der Waals surface area contributed by atoms with E-state index >= 15 is 0 Å². The lowest BCUT2D eigenvalue weighted by Crippen LogP contribution is -2.52. The van der Waals surface area contributed by atoms with Crippen LogP contribution in [-0.2, 0) is 9.59 Å². The van der Waals surface area contributed by atoms with Crippen LogP contribution in [0.1, 0.15) is 0 Å². The predicted molar refractivity (Wildman–Crippen MR) is 70.5 cm³/mol. The largest absolute Gasteiger partial charge is 0.480 e. The van der Waals surface area contributed by atoms with E-state index in [-0.39, 0.29) is 0 Å². The topological polar surface area (TPSA) is 181 Å². The van der Waals surface area contributed by atoms with E-state index in [2.05, 4.69) is 4.42 Å². The molecule has 0 bridgehead atoms. The van der Waals surface area contributed by atoms with Gasteiger partial charge in [0, 0.05) is 0 Å². The van der Waals surface area contributed by atoms with E-state index in [1.54, 1.807) is 17.8 Å². The first kappa shape index (κ1) is 20.0. The number of carboxylic acid groups (broad SMARTS) is 1. The highest BCUT2D eigenvalue weighted by Gasteiger charge is 2.34. The summed E-state index contributed by atoms with van der Waals surface area (Å²) >= 11 is 0. The number of hydrogen-bond acceptors (Lipinski definition) is 8. The molecule has 0 aromatic carbocycles. The summed E-state index contributed by atoms with van der Waals surface area (Å²) in [4.78, 5) is 21.2. The van der Waals surface area contributed by atoms with Crippen LogP contribution in [0.3, 0.4) is 0 Å². The highest BCUT2D eigenvalue weighted by atomic mass is 16.4. The normalized spacial score (nSPS) is 15.7. The average Bonchev–Trinajstić information content (AvgIpc) is 3.08. The summed E-state index contributed by atoms with van der Waals surface area (Å²) in [6, 6.07) is 3.67. The molecule has 0 aliphatic carbocycles. The highest BCUT2D eigenvalue weighted by Crippen LogP contribution is 2.05. The number of aliphatic hydroxyl groups excluding tert-OH is 5. The van der Waals surface area contributed by atoms with Crippen molar-refractivity contribution in [1.29, 1.82) is 0 Å². The number of hydrogen-bond donors (Lipinski definition) is 7. The van der Waals surface area contributed by atoms with Crippen molar-refractivity contribution >= 4 is 11.9 Å². The van der Waals surface area contributed by atoms with Gasteiger partial charge in [-0.15, -0.1) is 0 Å². The van der Waals surface area contributed by atoms with Gasteiger partial charge in [-0.05, 0) is 12.1 Å². The number of amides is 1. The van der Waals surface area contributed by atoms with E-state index in [0.29, 0.717) is 0 Å². The molecular weight excluding hydrogens is 302 g/mol. The van der Waals surface area contributed by atoms with Gasteiger partial charge in [0.1, 0.15) is 24.9 Å². The number of nitrogens with one attached hydrogen (secondary N) is 1. The van der Waals surface area contributed by atoms with Crippen molar-refractivity contribution in [1.82, 2.24) is 5.32 Å². The van der Waals surface area contributed by atoms with Gasteiger partial charge in [0.2, 0.25) is 0 Å². The minimum absolute atomic E-state index is 0.763. The molecule has 0 fully saturated rings. The Morgan fingerprint density at radius 1 is 1.05 bits per heavy atom. The van der Waals surface area contributed by atoms with Gasteiger partial charge in [0.25, 0.3) is 5.91 Å². The number of furan rings is 1. The summed E-state index contributed by atoms with van der Waals surface area (Å²) in [5.74, 6) is -2.57. The maximum Gasteiger partial charge on any atom is 0.322 e. The van der Waals surface area contributed by atoms with Gasteiger partial charge in [-0.2, -0.15) is 0 Å². The first-order chi connectivity index (χ1) is 10.3. The maximum atomic E-state index is 11.1. The Kier molecular flexibility index (Phi) is 9.74. The quantitative estimate of drug-likeness (QED) is 0.273. The number of aliphatic carboxylic acids is 1. The monoisotopic (exact) mass is 321 g/mol. The number of carbonyl (C=O) groups excluding carboxylic acids is 1. The van der Waals surface area contributed by atoms with Crippen molar-refractivity contribution in [2.45, 2.75) is 24.4 Å². The van der Waals surface area contributed by atoms with Crippen LogP contribution in [0.2, 0.25) is 0 Å². The molecule has 7 N–H and O–H groups in total. The van der Waals surface area contributed by atoms with E-state index in [9.17, 15) is 19.8 Å². The van der Waals surface area contributed by atoms with Crippen LogP contribution in [0, 0.1) is 0 Å². The summed E-state index contributed by atoms with van der Waals surface area (Å²) < 4.78 is 4.58. The lowest BCUT2D eigenvalue weighted by Gasteiger charge is -2.24. The van der Waals surface area contributed by atoms with Crippen LogP contribution in [0.5, 0.6) is 0 Å². The zero-order chi connectivity index (χ0) is 17.1. The van der Waals surface area contributed by atoms with Gasteiger partial charge in [-0.25, -0.2) is 0 Å². The fourth-order valence-electron chi connectivity index (χ4n) is 1.17. The van der Waals surface area contributed by atoms with Gasteiger partial charge in [-0.1, -0.05) is 0 Å². The Bertz CT molecular complexity index is 405. The number of carboxylic acids is 1. The minimum atomic E-state index is -2.12. The van der Waals surface area contributed by atoms with Gasteiger partial charge >= 0.3 is 5.97 Å². The minimum Gasteiger partial charge on any atom is -0.480 e. The van der Waals surface area contributed by atoms with Crippen LogP contribution in [0.15, 0.2) is 29.1 Å². The zero-order valence-electron chi connectivity index (χ0n) is 11.4. The SMILES string of the molecule is O=C(O)CNC(=O)[C@H](O)[C@@H](O)[C@H](O)[C@H](O)CO.c1ccoc1. The van der Waals surface area contributed by atoms with Crippen molar-refractivity contribution in [3.63, 3.8) is 0 Å². The van der Waals surface area contributed by atoms with Gasteiger partial charge < -0.3 is 40.4 Å². The molecule has 0 aliphatic rings. The maximum absolute atomic E-state index is 11.1. The molecule has 0 spiro atoms. The van der Waals surface area contributed by atoms with E-state index in [1.165, 1.54) is 0 Å². The molecule has 4 atom stereocenters. The summed E-state index contributed by atoms with van der Waals surface area (Å²) in [5.41, 5.74) is 0. The molecule has 0 radical (unpaired) electrons. The molecule has 1 amide bonds. The van der Waals surface area contributed by atoms with Crippen LogP contribution < -0.4 is 5.32 Å². The first-order valence-corrected chi connectivity index (χ1v) is 6.11. The predicted octanol–water partition coefficient (Wildman–Crippen LogP) is -3.10. The second-order valence-electron chi connectivity index (χ2n) is 4.08. The molecule has 10 nitrogen and oxygen atoms in total. The van der Waals surface area contributed by atoms with E-state index in [1.807, 2.05) is 12.1 Å². The Balaban J connectivity index is 0.000000734. The molecular formula is C12H19NO9. The second-order valence-corrected chi connectivity index (χ2v) is 4.08. The Morgan fingerprint density at radius 2 is 1.59 bits per heavy atom. The molecule has 0 saturated carbocycles. The summed E-state index contributed by atoms with van der Waals surface area (Å²) in [6.07, 6.45) is -4.59. The van der Waals surface area contributed by atoms with Gasteiger partial charge in [0.15, 0.2) is 6.10 Å².